The molecule has 0 fully saturated rings. The van der Waals surface area contributed by atoms with Crippen molar-refractivity contribution in [3.63, 3.8) is 0 Å². The number of hydrogen-bond acceptors (Lipinski definition) is 4. The summed E-state index contributed by atoms with van der Waals surface area (Å²) in [6.07, 6.45) is 0. The minimum Gasteiger partial charge on any atom is -0.329 e. The Hall–Kier alpha value is -0.140. The van der Waals surface area contributed by atoms with Gasteiger partial charge in [-0.15, -0.1) is 23.7 Å². The zero-order valence-corrected chi connectivity index (χ0v) is 11.0. The van der Waals surface area contributed by atoms with E-state index in [9.17, 15) is 8.42 Å². The van der Waals surface area contributed by atoms with Gasteiger partial charge in [0.05, 0.1) is 0 Å². The predicted octanol–water partition coefficient (Wildman–Crippen LogP) is 1.10. The van der Waals surface area contributed by atoms with Crippen LogP contribution < -0.4 is 10.5 Å². The molecule has 15 heavy (non-hydrogen) atoms. The summed E-state index contributed by atoms with van der Waals surface area (Å²) in [6, 6.07) is 1.55. The molecule has 4 nitrogen and oxygen atoms in total. The van der Waals surface area contributed by atoms with Crippen LogP contribution in [0.4, 0.5) is 0 Å². The van der Waals surface area contributed by atoms with Crippen LogP contribution in [0.1, 0.15) is 12.5 Å². The molecule has 0 bridgehead atoms. The van der Waals surface area contributed by atoms with Crippen molar-refractivity contribution in [2.24, 2.45) is 5.73 Å². The van der Waals surface area contributed by atoms with E-state index in [1.807, 2.05) is 0 Å². The fourth-order valence-electron chi connectivity index (χ4n) is 1.00. The van der Waals surface area contributed by atoms with Gasteiger partial charge in [0.1, 0.15) is 4.21 Å². The topological polar surface area (TPSA) is 72.2 Å². The van der Waals surface area contributed by atoms with Gasteiger partial charge in [0.2, 0.25) is 0 Å². The first-order valence-electron chi connectivity index (χ1n) is 4.24. The maximum absolute atomic E-state index is 11.7. The van der Waals surface area contributed by atoms with Gasteiger partial charge < -0.3 is 5.73 Å². The van der Waals surface area contributed by atoms with Crippen LogP contribution in [0.25, 0.3) is 0 Å². The Bertz CT molecular complexity index is 403. The molecule has 1 atom stereocenters. The van der Waals surface area contributed by atoms with Crippen molar-refractivity contribution in [3.05, 3.63) is 17.0 Å². The van der Waals surface area contributed by atoms with Gasteiger partial charge in [-0.2, -0.15) is 0 Å². The molecule has 1 rings (SSSR count). The summed E-state index contributed by atoms with van der Waals surface area (Å²) in [5.41, 5.74) is 6.12. The fourth-order valence-corrected chi connectivity index (χ4v) is 3.69. The third-order valence-corrected chi connectivity index (χ3v) is 5.05. The predicted molar refractivity (Wildman–Crippen MR) is 65.1 cm³/mol. The first kappa shape index (κ1) is 14.9. The first-order chi connectivity index (χ1) is 6.47. The van der Waals surface area contributed by atoms with Crippen molar-refractivity contribution < 1.29 is 8.42 Å². The molecule has 0 radical (unpaired) electrons. The summed E-state index contributed by atoms with van der Waals surface area (Å²) in [4.78, 5) is 0. The number of halogens is 1. The molecule has 0 saturated carbocycles. The molecule has 0 amide bonds. The quantitative estimate of drug-likeness (QED) is 0.861. The Labute approximate surface area is 100 Å². The molecule has 1 heterocycles. The molecule has 0 unspecified atom stereocenters. The zero-order valence-electron chi connectivity index (χ0n) is 8.56. The van der Waals surface area contributed by atoms with Crippen LogP contribution in [0.15, 0.2) is 15.7 Å². The van der Waals surface area contributed by atoms with Crippen molar-refractivity contribution in [1.82, 2.24) is 4.72 Å². The van der Waals surface area contributed by atoms with E-state index in [0.29, 0.717) is 10.8 Å². The lowest BCUT2D eigenvalue weighted by Crippen LogP contribution is -2.37. The summed E-state index contributed by atoms with van der Waals surface area (Å²) in [7, 11) is -3.37. The van der Waals surface area contributed by atoms with Gasteiger partial charge >= 0.3 is 0 Å². The van der Waals surface area contributed by atoms with Gasteiger partial charge in [0, 0.05) is 12.6 Å². The van der Waals surface area contributed by atoms with Crippen molar-refractivity contribution in [3.8, 4) is 0 Å². The summed E-state index contributed by atoms with van der Waals surface area (Å²) in [5.74, 6) is 0. The lowest BCUT2D eigenvalue weighted by atomic mass is 10.4. The Morgan fingerprint density at radius 2 is 2.20 bits per heavy atom. The number of hydrogen-bond donors (Lipinski definition) is 2. The molecule has 0 spiro atoms. The molecule has 1 aromatic heterocycles. The van der Waals surface area contributed by atoms with Gasteiger partial charge in [-0.25, -0.2) is 13.1 Å². The van der Waals surface area contributed by atoms with E-state index in [-0.39, 0.29) is 18.4 Å². The molecular formula is C8H15ClN2O2S2. The average Bonchev–Trinajstić information content (AvgIpc) is 2.51. The maximum atomic E-state index is 11.7. The van der Waals surface area contributed by atoms with Crippen molar-refractivity contribution in [2.75, 3.05) is 6.54 Å². The third kappa shape index (κ3) is 3.73. The van der Waals surface area contributed by atoms with E-state index in [1.54, 1.807) is 25.3 Å². The molecule has 3 N–H and O–H groups in total. The minimum atomic E-state index is -3.37. The number of rotatable bonds is 4. The molecule has 88 valence electrons. The van der Waals surface area contributed by atoms with E-state index in [0.717, 1.165) is 5.56 Å². The minimum absolute atomic E-state index is 0. The number of nitrogens with one attached hydrogen (secondary N) is 1. The number of thiophene rings is 1. The first-order valence-corrected chi connectivity index (χ1v) is 6.60. The SMILES string of the molecule is Cc1ccsc1S(=O)(=O)N[C@H](C)CN.Cl. The van der Waals surface area contributed by atoms with Crippen LogP contribution in [-0.2, 0) is 10.0 Å². The second-order valence-electron chi connectivity index (χ2n) is 3.15. The normalized spacial score (nSPS) is 13.3. The van der Waals surface area contributed by atoms with Crippen LogP contribution in [0, 0.1) is 6.92 Å². The van der Waals surface area contributed by atoms with Gasteiger partial charge in [0.25, 0.3) is 10.0 Å². The Balaban J connectivity index is 0.00000196. The third-order valence-electron chi connectivity index (χ3n) is 1.77. The highest BCUT2D eigenvalue weighted by atomic mass is 35.5. The van der Waals surface area contributed by atoms with Crippen molar-refractivity contribution in [1.29, 1.82) is 0 Å². The van der Waals surface area contributed by atoms with Crippen LogP contribution >= 0.6 is 23.7 Å². The lowest BCUT2D eigenvalue weighted by molar-refractivity contribution is 0.564. The van der Waals surface area contributed by atoms with Crippen LogP contribution in [0.2, 0.25) is 0 Å². The number of sulfonamides is 1. The second-order valence-corrected chi connectivity index (χ2v) is 5.97. The van der Waals surface area contributed by atoms with Gasteiger partial charge in [0.15, 0.2) is 0 Å². The van der Waals surface area contributed by atoms with Crippen LogP contribution in [0.3, 0.4) is 0 Å². The van der Waals surface area contributed by atoms with Crippen molar-refractivity contribution in [2.45, 2.75) is 24.1 Å². The largest absolute Gasteiger partial charge is 0.329 e. The molecule has 1 aromatic rings. The van der Waals surface area contributed by atoms with Gasteiger partial charge in [-0.1, -0.05) is 0 Å². The van der Waals surface area contributed by atoms with Crippen molar-refractivity contribution >= 4 is 33.8 Å². The molecule has 0 aliphatic heterocycles. The highest BCUT2D eigenvalue weighted by Gasteiger charge is 2.19. The Kier molecular flexibility index (Phi) is 5.76. The molecule has 0 aromatic carbocycles. The zero-order chi connectivity index (χ0) is 10.8. The Morgan fingerprint density at radius 3 is 2.60 bits per heavy atom. The van der Waals surface area contributed by atoms with Crippen LogP contribution in [0.5, 0.6) is 0 Å². The summed E-state index contributed by atoms with van der Waals surface area (Å²) in [6.45, 7) is 3.81. The number of nitrogens with two attached hydrogens (primary N) is 1. The highest BCUT2D eigenvalue weighted by Crippen LogP contribution is 2.21. The van der Waals surface area contributed by atoms with Gasteiger partial charge in [-0.3, -0.25) is 0 Å². The lowest BCUT2D eigenvalue weighted by Gasteiger charge is -2.10. The fraction of sp³-hybridized carbons (Fsp3) is 0.500. The van der Waals surface area contributed by atoms with Crippen LogP contribution in [-0.4, -0.2) is 21.0 Å². The molecule has 0 aliphatic carbocycles. The number of aryl methyl sites for hydroxylation is 1. The average molecular weight is 271 g/mol. The molecule has 7 heteroatoms. The maximum Gasteiger partial charge on any atom is 0.250 e. The summed E-state index contributed by atoms with van der Waals surface area (Å²) in [5, 5.41) is 1.76. The summed E-state index contributed by atoms with van der Waals surface area (Å²) >= 11 is 1.22. The smallest absolute Gasteiger partial charge is 0.250 e. The second kappa shape index (κ2) is 5.81. The van der Waals surface area contributed by atoms with E-state index < -0.39 is 10.0 Å². The Morgan fingerprint density at radius 1 is 1.60 bits per heavy atom. The van der Waals surface area contributed by atoms with E-state index in [4.69, 9.17) is 5.73 Å². The monoisotopic (exact) mass is 270 g/mol. The van der Waals surface area contributed by atoms with Gasteiger partial charge in [-0.05, 0) is 30.9 Å². The molecule has 0 saturated heterocycles. The molecule has 0 aliphatic rings. The molecular weight excluding hydrogens is 256 g/mol. The standard InChI is InChI=1S/C8H14N2O2S2.ClH/c1-6-3-4-13-8(6)14(11,12)10-7(2)5-9;/h3-4,7,10H,5,9H2,1-2H3;1H/t7-;/m1./s1. The summed E-state index contributed by atoms with van der Waals surface area (Å²) < 4.78 is 26.3. The van der Waals surface area contributed by atoms with E-state index in [1.165, 1.54) is 11.3 Å². The van der Waals surface area contributed by atoms with E-state index in [2.05, 4.69) is 4.72 Å². The van der Waals surface area contributed by atoms with E-state index >= 15 is 0 Å². The highest BCUT2D eigenvalue weighted by molar-refractivity contribution is 7.91.